The van der Waals surface area contributed by atoms with Crippen LogP contribution in [0.1, 0.15) is 20.8 Å². The third-order valence-corrected chi connectivity index (χ3v) is 5.06. The number of carbonyl (C=O) groups excluding carboxylic acids is 3. The fourth-order valence-corrected chi connectivity index (χ4v) is 3.23. The molecule has 0 saturated heterocycles. The number of rotatable bonds is 7. The van der Waals surface area contributed by atoms with E-state index < -0.39 is 24.1 Å². The van der Waals surface area contributed by atoms with E-state index in [4.69, 9.17) is 4.74 Å². The fourth-order valence-electron chi connectivity index (χ4n) is 2.61. The van der Waals surface area contributed by atoms with E-state index in [1.54, 1.807) is 29.6 Å². The Labute approximate surface area is 190 Å². The van der Waals surface area contributed by atoms with E-state index in [0.29, 0.717) is 5.56 Å². The Hall–Kier alpha value is -3.86. The van der Waals surface area contributed by atoms with Crippen LogP contribution in [-0.2, 0) is 22.7 Å². The van der Waals surface area contributed by atoms with Gasteiger partial charge in [-0.25, -0.2) is 4.79 Å². The molecule has 7 nitrogen and oxygen atoms in total. The average molecular weight is 477 g/mol. The summed E-state index contributed by atoms with van der Waals surface area (Å²) in [6, 6.07) is 15.4. The zero-order chi connectivity index (χ0) is 23.8. The summed E-state index contributed by atoms with van der Waals surface area (Å²) < 4.78 is 42.2. The van der Waals surface area contributed by atoms with Crippen LogP contribution in [0.2, 0.25) is 0 Å². The first-order chi connectivity index (χ1) is 15.7. The van der Waals surface area contributed by atoms with E-state index in [1.165, 1.54) is 35.6 Å². The number of carbonyl (C=O) groups is 3. The number of anilines is 2. The molecule has 172 valence electrons. The molecule has 1 aromatic heterocycles. The van der Waals surface area contributed by atoms with Gasteiger partial charge in [-0.2, -0.15) is 13.2 Å². The maximum absolute atomic E-state index is 12.4. The summed E-state index contributed by atoms with van der Waals surface area (Å²) in [6.07, 6.45) is -5.58. The molecule has 0 aliphatic heterocycles. The van der Waals surface area contributed by atoms with Crippen molar-refractivity contribution in [3.8, 4) is 0 Å². The molecule has 3 N–H and O–H groups in total. The average Bonchev–Trinajstić information content (AvgIpc) is 3.30. The van der Waals surface area contributed by atoms with Crippen LogP contribution in [0.25, 0.3) is 0 Å². The third-order valence-electron chi connectivity index (χ3n) is 4.21. The largest absolute Gasteiger partial charge is 0.471 e. The predicted molar refractivity (Wildman–Crippen MR) is 117 cm³/mol. The lowest BCUT2D eigenvalue weighted by molar-refractivity contribution is -0.167. The highest BCUT2D eigenvalue weighted by molar-refractivity contribution is 7.09. The Balaban J connectivity index is 1.50. The zero-order valence-corrected chi connectivity index (χ0v) is 17.8. The number of amides is 3. The predicted octanol–water partition coefficient (Wildman–Crippen LogP) is 4.93. The molecule has 33 heavy (non-hydrogen) atoms. The topological polar surface area (TPSA) is 96.5 Å². The standard InChI is InChI=1S/C22H18F3N3O4S/c23-22(24,25)20(30)28-17-4-1-3-16(11-17)27-19(29)15-8-6-14(7-9-15)12-26-21(31)32-13-18-5-2-10-33-18/h1-11H,12-13H2,(H,26,31)(H,27,29)(H,28,30). The van der Waals surface area contributed by atoms with Crippen LogP contribution in [0.5, 0.6) is 0 Å². The number of alkyl carbamates (subject to hydrolysis) is 1. The third kappa shape index (κ3) is 7.35. The van der Waals surface area contributed by atoms with Gasteiger partial charge < -0.3 is 20.7 Å². The number of thiophene rings is 1. The molecule has 0 atom stereocenters. The summed E-state index contributed by atoms with van der Waals surface area (Å²) in [7, 11) is 0. The van der Waals surface area contributed by atoms with Gasteiger partial charge in [0.1, 0.15) is 6.61 Å². The van der Waals surface area contributed by atoms with Gasteiger partial charge in [0.15, 0.2) is 0 Å². The van der Waals surface area contributed by atoms with Gasteiger partial charge in [0.25, 0.3) is 5.91 Å². The number of alkyl halides is 3. The summed E-state index contributed by atoms with van der Waals surface area (Å²) in [5.41, 5.74) is 1.13. The second-order valence-corrected chi connectivity index (χ2v) is 7.73. The number of halogens is 3. The maximum Gasteiger partial charge on any atom is 0.471 e. The second-order valence-electron chi connectivity index (χ2n) is 6.69. The molecule has 11 heteroatoms. The van der Waals surface area contributed by atoms with Gasteiger partial charge in [-0.3, -0.25) is 9.59 Å². The Morgan fingerprint density at radius 2 is 1.61 bits per heavy atom. The molecule has 3 aromatic rings. The molecular weight excluding hydrogens is 459 g/mol. The van der Waals surface area contributed by atoms with Crippen molar-refractivity contribution in [2.45, 2.75) is 19.3 Å². The molecule has 0 saturated carbocycles. The highest BCUT2D eigenvalue weighted by Crippen LogP contribution is 2.21. The summed E-state index contributed by atoms with van der Waals surface area (Å²) in [5.74, 6) is -2.60. The van der Waals surface area contributed by atoms with Crippen molar-refractivity contribution >= 4 is 40.6 Å². The van der Waals surface area contributed by atoms with Crippen LogP contribution in [-0.4, -0.2) is 24.1 Å². The van der Waals surface area contributed by atoms with E-state index in [9.17, 15) is 27.6 Å². The van der Waals surface area contributed by atoms with Crippen LogP contribution in [0.3, 0.4) is 0 Å². The minimum Gasteiger partial charge on any atom is -0.444 e. The van der Waals surface area contributed by atoms with Gasteiger partial charge in [-0.1, -0.05) is 24.3 Å². The first-order valence-corrected chi connectivity index (χ1v) is 10.4. The van der Waals surface area contributed by atoms with Crippen LogP contribution in [0, 0.1) is 0 Å². The number of nitrogens with one attached hydrogen (secondary N) is 3. The van der Waals surface area contributed by atoms with Gasteiger partial charge >= 0.3 is 18.2 Å². The Morgan fingerprint density at radius 3 is 2.24 bits per heavy atom. The molecular formula is C22H18F3N3O4S. The van der Waals surface area contributed by atoms with Gasteiger partial charge in [0.2, 0.25) is 0 Å². The highest BCUT2D eigenvalue weighted by atomic mass is 32.1. The molecule has 3 amide bonds. The maximum atomic E-state index is 12.4. The van der Waals surface area contributed by atoms with Gasteiger partial charge in [-0.05, 0) is 47.3 Å². The monoisotopic (exact) mass is 477 g/mol. The second kappa shape index (κ2) is 10.6. The highest BCUT2D eigenvalue weighted by Gasteiger charge is 2.38. The molecule has 0 aliphatic rings. The molecule has 0 aliphatic carbocycles. The molecule has 0 fully saturated rings. The zero-order valence-electron chi connectivity index (χ0n) is 16.9. The lowest BCUT2D eigenvalue weighted by atomic mass is 10.1. The van der Waals surface area contributed by atoms with Crippen molar-refractivity contribution in [1.82, 2.24) is 5.32 Å². The summed E-state index contributed by atoms with van der Waals surface area (Å²) in [6.45, 7) is 0.385. The summed E-state index contributed by atoms with van der Waals surface area (Å²) >= 11 is 1.48. The van der Waals surface area contributed by atoms with Crippen molar-refractivity contribution < 1.29 is 32.3 Å². The Kier molecular flexibility index (Phi) is 7.67. The first-order valence-electron chi connectivity index (χ1n) is 9.52. The first kappa shape index (κ1) is 23.8. The lowest BCUT2D eigenvalue weighted by Gasteiger charge is -2.10. The SMILES string of the molecule is O=C(NCc1ccc(C(=O)Nc2cccc(NC(=O)C(F)(F)F)c2)cc1)OCc1cccs1. The minimum absolute atomic E-state index is 0.109. The van der Waals surface area contributed by atoms with Crippen molar-refractivity contribution in [1.29, 1.82) is 0 Å². The molecule has 0 radical (unpaired) electrons. The van der Waals surface area contributed by atoms with Gasteiger partial charge in [0, 0.05) is 28.4 Å². The van der Waals surface area contributed by atoms with Crippen LogP contribution >= 0.6 is 11.3 Å². The van der Waals surface area contributed by atoms with Crippen molar-refractivity contribution in [3.63, 3.8) is 0 Å². The summed E-state index contributed by atoms with van der Waals surface area (Å²) in [5, 5.41) is 8.77. The number of hydrogen-bond donors (Lipinski definition) is 3. The van der Waals surface area contributed by atoms with Crippen molar-refractivity contribution in [2.75, 3.05) is 10.6 Å². The number of ether oxygens (including phenoxy) is 1. The number of hydrogen-bond acceptors (Lipinski definition) is 5. The minimum atomic E-state index is -5.02. The van der Waals surface area contributed by atoms with E-state index in [0.717, 1.165) is 10.4 Å². The van der Waals surface area contributed by atoms with E-state index >= 15 is 0 Å². The van der Waals surface area contributed by atoms with Gasteiger partial charge in [0.05, 0.1) is 0 Å². The molecule has 0 unspecified atom stereocenters. The van der Waals surface area contributed by atoms with Crippen molar-refractivity contribution in [3.05, 3.63) is 82.0 Å². The van der Waals surface area contributed by atoms with Crippen LogP contribution in [0.15, 0.2) is 66.0 Å². The molecule has 2 aromatic carbocycles. The fraction of sp³-hybridized carbons (Fsp3) is 0.136. The van der Waals surface area contributed by atoms with Crippen LogP contribution in [0.4, 0.5) is 29.3 Å². The smallest absolute Gasteiger partial charge is 0.444 e. The van der Waals surface area contributed by atoms with E-state index in [1.807, 2.05) is 17.5 Å². The lowest BCUT2D eigenvalue weighted by Crippen LogP contribution is -2.29. The van der Waals surface area contributed by atoms with Crippen molar-refractivity contribution in [2.24, 2.45) is 0 Å². The molecule has 3 rings (SSSR count). The Morgan fingerprint density at radius 1 is 0.909 bits per heavy atom. The van der Waals surface area contributed by atoms with Crippen LogP contribution < -0.4 is 16.0 Å². The molecule has 0 spiro atoms. The normalized spacial score (nSPS) is 10.9. The van der Waals surface area contributed by atoms with E-state index in [-0.39, 0.29) is 24.5 Å². The Bertz CT molecular complexity index is 1120. The quantitative estimate of drug-likeness (QED) is 0.450. The summed E-state index contributed by atoms with van der Waals surface area (Å²) in [4.78, 5) is 36.1. The van der Waals surface area contributed by atoms with E-state index in [2.05, 4.69) is 10.6 Å². The number of benzene rings is 2. The molecule has 1 heterocycles. The van der Waals surface area contributed by atoms with Gasteiger partial charge in [-0.15, -0.1) is 11.3 Å². The molecule has 0 bridgehead atoms.